The molecule has 0 atom stereocenters. The monoisotopic (exact) mass is 662 g/mol. The predicted molar refractivity (Wildman–Crippen MR) is 143 cm³/mol. The van der Waals surface area contributed by atoms with Gasteiger partial charge in [-0.3, -0.25) is 13.4 Å². The minimum absolute atomic E-state index is 0. The summed E-state index contributed by atoms with van der Waals surface area (Å²) in [5.74, 6) is 0.0919. The summed E-state index contributed by atoms with van der Waals surface area (Å²) in [7, 11) is -7.19. The van der Waals surface area contributed by atoms with Gasteiger partial charge in [-0.25, -0.2) is 0 Å². The first-order chi connectivity index (χ1) is 15.2. The van der Waals surface area contributed by atoms with Crippen LogP contribution in [-0.2, 0) is 28.6 Å². The van der Waals surface area contributed by atoms with Crippen LogP contribution in [0.25, 0.3) is 0 Å². The van der Waals surface area contributed by atoms with E-state index in [2.05, 4.69) is 36.9 Å². The molecule has 9 nitrogen and oxygen atoms in total. The number of hydrogen-bond donors (Lipinski definition) is 1. The minimum atomic E-state index is -3.60. The van der Waals surface area contributed by atoms with E-state index >= 15 is 0 Å². The fraction of sp³-hybridized carbons (Fsp3) is 0.350. The zero-order valence-electron chi connectivity index (χ0n) is 18.6. The highest BCUT2D eigenvalue weighted by molar-refractivity contribution is 9.11. The van der Waals surface area contributed by atoms with Crippen LogP contribution in [0.3, 0.4) is 0 Å². The summed E-state index contributed by atoms with van der Waals surface area (Å²) in [6.45, 7) is 2.13. The van der Waals surface area contributed by atoms with E-state index in [0.717, 1.165) is 29.3 Å². The minimum Gasteiger partial charge on any atom is -0.506 e. The van der Waals surface area contributed by atoms with Crippen LogP contribution >= 0.6 is 44.3 Å². The molecule has 0 aliphatic rings. The number of rotatable bonds is 11. The van der Waals surface area contributed by atoms with Gasteiger partial charge in [-0.1, -0.05) is 6.07 Å². The van der Waals surface area contributed by atoms with Crippen molar-refractivity contribution in [2.75, 3.05) is 43.7 Å². The number of aromatic hydroxyl groups is 1. The van der Waals surface area contributed by atoms with Crippen molar-refractivity contribution in [3.8, 4) is 5.75 Å². The van der Waals surface area contributed by atoms with E-state index in [9.17, 15) is 21.9 Å². The Morgan fingerprint density at radius 1 is 0.971 bits per heavy atom. The van der Waals surface area contributed by atoms with Gasteiger partial charge in [-0.2, -0.15) is 16.8 Å². The van der Waals surface area contributed by atoms with E-state index in [4.69, 9.17) is 8.37 Å². The van der Waals surface area contributed by atoms with Gasteiger partial charge < -0.3 is 10.0 Å². The van der Waals surface area contributed by atoms with Crippen molar-refractivity contribution >= 4 is 82.1 Å². The van der Waals surface area contributed by atoms with E-state index in [-0.39, 0.29) is 44.5 Å². The van der Waals surface area contributed by atoms with Gasteiger partial charge in [0.25, 0.3) is 20.2 Å². The van der Waals surface area contributed by atoms with E-state index in [0.29, 0.717) is 14.6 Å². The molecule has 1 N–H and O–H groups in total. The third-order valence-corrected chi connectivity index (χ3v) is 6.69. The fourth-order valence-corrected chi connectivity index (χ4v) is 4.66. The number of phenols is 1. The first-order valence-electron chi connectivity index (χ1n) is 9.51. The van der Waals surface area contributed by atoms with Crippen LogP contribution in [0.2, 0.25) is 0 Å². The first-order valence-corrected chi connectivity index (χ1v) is 14.7. The lowest BCUT2D eigenvalue weighted by Crippen LogP contribution is -2.32. The number of hydrogen-bond acceptors (Lipinski definition) is 9. The first kappa shape index (κ1) is 30.8. The normalized spacial score (nSPS) is 12.0. The summed E-state index contributed by atoms with van der Waals surface area (Å²) in [4.78, 5) is 6.22. The van der Waals surface area contributed by atoms with Crippen LogP contribution in [-0.4, -0.2) is 67.0 Å². The molecule has 0 saturated heterocycles. The average Bonchev–Trinajstić information content (AvgIpc) is 2.68. The summed E-state index contributed by atoms with van der Waals surface area (Å²) in [5, 5.41) is 9.82. The lowest BCUT2D eigenvalue weighted by Gasteiger charge is -2.25. The molecule has 0 amide bonds. The van der Waals surface area contributed by atoms with Gasteiger partial charge in [-0.15, -0.1) is 12.4 Å². The maximum Gasteiger partial charge on any atom is 0.264 e. The molecule has 0 fully saturated rings. The van der Waals surface area contributed by atoms with Gasteiger partial charge in [0.15, 0.2) is 0 Å². The molecule has 0 aliphatic carbocycles. The zero-order valence-corrected chi connectivity index (χ0v) is 24.2. The molecule has 14 heteroatoms. The van der Waals surface area contributed by atoms with Crippen molar-refractivity contribution in [1.29, 1.82) is 0 Å². The molecule has 0 aliphatic heterocycles. The Bertz CT molecular complexity index is 1180. The fourth-order valence-electron chi connectivity index (χ4n) is 2.74. The number of nitrogens with zero attached hydrogens (tertiary/aromatic N) is 2. The predicted octanol–water partition coefficient (Wildman–Crippen LogP) is 4.16. The largest absolute Gasteiger partial charge is 0.506 e. The highest BCUT2D eigenvalue weighted by atomic mass is 79.9. The van der Waals surface area contributed by atoms with Crippen LogP contribution in [0.1, 0.15) is 11.1 Å². The van der Waals surface area contributed by atoms with Crippen molar-refractivity contribution in [3.63, 3.8) is 0 Å². The number of anilines is 1. The summed E-state index contributed by atoms with van der Waals surface area (Å²) in [6.07, 6.45) is 3.62. The molecule has 190 valence electrons. The molecule has 2 rings (SSSR count). The van der Waals surface area contributed by atoms with Crippen LogP contribution in [0.5, 0.6) is 5.75 Å². The Balaban J connectivity index is 0.00000578. The lowest BCUT2D eigenvalue weighted by molar-refractivity contribution is 0.309. The maximum atomic E-state index is 11.3. The molecular weight excluding hydrogens is 640 g/mol. The number of halogens is 3. The van der Waals surface area contributed by atoms with Gasteiger partial charge >= 0.3 is 0 Å². The molecule has 34 heavy (non-hydrogen) atoms. The Kier molecular flexibility index (Phi) is 12.0. The summed E-state index contributed by atoms with van der Waals surface area (Å²) < 4.78 is 55.7. The molecule has 0 spiro atoms. The highest BCUT2D eigenvalue weighted by Gasteiger charge is 2.12. The van der Waals surface area contributed by atoms with Crippen molar-refractivity contribution in [2.45, 2.75) is 6.92 Å². The third kappa shape index (κ3) is 10.6. The molecule has 0 saturated carbocycles. The summed E-state index contributed by atoms with van der Waals surface area (Å²) in [6, 6.07) is 8.92. The van der Waals surface area contributed by atoms with Crippen molar-refractivity contribution in [1.82, 2.24) is 0 Å². The van der Waals surface area contributed by atoms with Crippen molar-refractivity contribution in [3.05, 3.63) is 50.4 Å². The molecule has 0 radical (unpaired) electrons. The molecule has 2 aromatic carbocycles. The third-order valence-electron chi connectivity index (χ3n) is 4.29. The molecule has 0 unspecified atom stereocenters. The number of aliphatic imine (C=N–C) groups is 1. The van der Waals surface area contributed by atoms with Crippen LogP contribution in [0, 0.1) is 6.92 Å². The van der Waals surface area contributed by atoms with Gasteiger partial charge in [-0.05, 0) is 74.2 Å². The second-order valence-electron chi connectivity index (χ2n) is 7.10. The zero-order chi connectivity index (χ0) is 24.8. The summed E-state index contributed by atoms with van der Waals surface area (Å²) >= 11 is 6.55. The average molecular weight is 665 g/mol. The number of benzene rings is 2. The van der Waals surface area contributed by atoms with Gasteiger partial charge in [0, 0.05) is 25.0 Å². The van der Waals surface area contributed by atoms with Crippen LogP contribution in [0.15, 0.2) is 44.3 Å². The molecule has 2 aromatic rings. The standard InChI is InChI=1S/C20H24Br2N2O7S2.ClH/c1-14-10-17(24(6-8-30-32(2,26)27)7-9-31-33(3,28)29)5-4-15(14)13-23-16-11-18(21)20(25)19(22)12-16;/h4-5,10-13,25H,6-9H2,1-3H3;1H. The molecular formula is C20H25Br2ClN2O7S2. The van der Waals surface area contributed by atoms with E-state index < -0.39 is 20.2 Å². The second-order valence-corrected chi connectivity index (χ2v) is 12.1. The SMILES string of the molecule is Cc1cc(N(CCOS(C)(=O)=O)CCOS(C)(=O)=O)ccc1C=Nc1cc(Br)c(O)c(Br)c1.Cl. The highest BCUT2D eigenvalue weighted by Crippen LogP contribution is 2.36. The van der Waals surface area contributed by atoms with Crippen LogP contribution < -0.4 is 4.90 Å². The van der Waals surface area contributed by atoms with E-state index in [1.807, 2.05) is 25.1 Å². The second kappa shape index (κ2) is 13.2. The Hall–Kier alpha value is -1.22. The Labute approximate surface area is 223 Å². The lowest BCUT2D eigenvalue weighted by atomic mass is 10.1. The summed E-state index contributed by atoms with van der Waals surface area (Å²) in [5.41, 5.74) is 3.12. The van der Waals surface area contributed by atoms with Gasteiger partial charge in [0.05, 0.1) is 40.4 Å². The van der Waals surface area contributed by atoms with E-state index in [1.165, 1.54) is 0 Å². The number of aryl methyl sites for hydroxylation is 1. The molecule has 0 heterocycles. The maximum absolute atomic E-state index is 11.3. The van der Waals surface area contributed by atoms with Crippen molar-refractivity contribution < 1.29 is 30.3 Å². The van der Waals surface area contributed by atoms with E-state index in [1.54, 1.807) is 23.2 Å². The quantitative estimate of drug-likeness (QED) is 0.281. The van der Waals surface area contributed by atoms with Gasteiger partial charge in [0.2, 0.25) is 0 Å². The number of phenolic OH excluding ortho intramolecular Hbond substituents is 1. The Morgan fingerprint density at radius 2 is 1.47 bits per heavy atom. The van der Waals surface area contributed by atoms with Gasteiger partial charge in [0.1, 0.15) is 5.75 Å². The van der Waals surface area contributed by atoms with Crippen molar-refractivity contribution in [2.24, 2.45) is 4.99 Å². The topological polar surface area (TPSA) is 123 Å². The molecule has 0 aromatic heterocycles. The van der Waals surface area contributed by atoms with Crippen LogP contribution in [0.4, 0.5) is 11.4 Å². The Morgan fingerprint density at radius 3 is 1.91 bits per heavy atom. The molecule has 0 bridgehead atoms. The smallest absolute Gasteiger partial charge is 0.264 e.